The zero-order valence-corrected chi connectivity index (χ0v) is 21.9. The molecule has 3 aromatic heterocycles. The number of carbonyl (C=O) groups is 1. The molecule has 1 amide bonds. The zero-order chi connectivity index (χ0) is 26.3. The molecular formula is C27H32N8O3. The minimum absolute atomic E-state index is 0.245. The number of nitrogens with zero attached hydrogens (tertiary/aromatic N) is 6. The average molecular weight is 517 g/mol. The van der Waals surface area contributed by atoms with Crippen molar-refractivity contribution in [1.29, 1.82) is 0 Å². The summed E-state index contributed by atoms with van der Waals surface area (Å²) in [4.78, 5) is 33.4. The fourth-order valence-electron chi connectivity index (χ4n) is 4.50. The third kappa shape index (κ3) is 5.62. The minimum atomic E-state index is -0.482. The third-order valence-electron chi connectivity index (χ3n) is 6.61. The highest BCUT2D eigenvalue weighted by Crippen LogP contribution is 2.39. The summed E-state index contributed by atoms with van der Waals surface area (Å²) in [7, 11) is 0. The summed E-state index contributed by atoms with van der Waals surface area (Å²) in [6.45, 7) is 9.32. The Kier molecular flexibility index (Phi) is 6.22. The first-order valence-corrected chi connectivity index (χ1v) is 13.0. The van der Waals surface area contributed by atoms with Gasteiger partial charge in [0.1, 0.15) is 11.4 Å². The van der Waals surface area contributed by atoms with E-state index < -0.39 is 5.60 Å². The van der Waals surface area contributed by atoms with Gasteiger partial charge in [0.25, 0.3) is 5.89 Å². The number of hydrogen-bond acceptors (Lipinski definition) is 9. The maximum atomic E-state index is 12.3. The number of hydrogen-bond donors (Lipinski definition) is 2. The molecule has 1 aromatic carbocycles. The number of benzene rings is 1. The van der Waals surface area contributed by atoms with Crippen LogP contribution in [0.1, 0.15) is 50.9 Å². The summed E-state index contributed by atoms with van der Waals surface area (Å²) in [5.41, 5.74) is 3.21. The molecular weight excluding hydrogens is 484 g/mol. The van der Waals surface area contributed by atoms with Crippen LogP contribution in [0.15, 0.2) is 41.1 Å². The van der Waals surface area contributed by atoms with Gasteiger partial charge in [0, 0.05) is 50.4 Å². The number of ether oxygens (including phenoxy) is 1. The molecule has 0 radical (unpaired) electrons. The highest BCUT2D eigenvalue weighted by molar-refractivity contribution is 5.82. The number of imidazole rings is 1. The van der Waals surface area contributed by atoms with Gasteiger partial charge in [0.05, 0.1) is 11.0 Å². The first-order valence-electron chi connectivity index (χ1n) is 13.0. The first kappa shape index (κ1) is 24.4. The van der Waals surface area contributed by atoms with E-state index in [9.17, 15) is 4.79 Å². The van der Waals surface area contributed by atoms with Gasteiger partial charge in [-0.1, -0.05) is 5.16 Å². The Morgan fingerprint density at radius 3 is 2.71 bits per heavy atom. The molecule has 2 N–H and O–H groups in total. The molecule has 2 aliphatic rings. The fourth-order valence-corrected chi connectivity index (χ4v) is 4.50. The summed E-state index contributed by atoms with van der Waals surface area (Å²) < 4.78 is 11.0. The normalized spacial score (nSPS) is 16.7. The van der Waals surface area contributed by atoms with Crippen molar-refractivity contribution in [3.63, 3.8) is 0 Å². The number of aromatic amines is 1. The molecule has 2 fully saturated rings. The topological polar surface area (TPSA) is 125 Å². The molecule has 1 aliphatic carbocycles. The maximum absolute atomic E-state index is 12.3. The van der Waals surface area contributed by atoms with Crippen molar-refractivity contribution in [2.24, 2.45) is 0 Å². The van der Waals surface area contributed by atoms with Crippen molar-refractivity contribution in [2.75, 3.05) is 31.5 Å². The second-order valence-corrected chi connectivity index (χ2v) is 11.0. The van der Waals surface area contributed by atoms with Crippen LogP contribution in [0.2, 0.25) is 0 Å². The highest BCUT2D eigenvalue weighted by Gasteiger charge is 2.29. The fraction of sp³-hybridized carbons (Fsp3) is 0.444. The number of fused-ring (bicyclic) bond motifs is 1. The van der Waals surface area contributed by atoms with E-state index in [1.54, 1.807) is 11.1 Å². The standard InChI is InChI=1S/C27H32N8O3/c1-27(2,3)37-26(36)35-12-10-34(11-13-35)16-17-8-9-28-22(14-17)31-25-29-20-7-6-19(15-21(20)30-25)24-32-23(33-38-24)18-4-5-18/h6-9,14-15,18H,4-5,10-13,16H2,1-3H3,(H2,28,29,30,31). The molecule has 11 heteroatoms. The Hall–Kier alpha value is -3.99. The Balaban J connectivity index is 1.07. The van der Waals surface area contributed by atoms with Crippen LogP contribution in [-0.2, 0) is 11.3 Å². The number of piperazine rings is 1. The number of rotatable bonds is 6. The quantitative estimate of drug-likeness (QED) is 0.376. The highest BCUT2D eigenvalue weighted by atomic mass is 16.6. The predicted molar refractivity (Wildman–Crippen MR) is 142 cm³/mol. The van der Waals surface area contributed by atoms with Gasteiger partial charge < -0.3 is 24.5 Å². The van der Waals surface area contributed by atoms with E-state index in [1.165, 1.54) is 0 Å². The Morgan fingerprint density at radius 2 is 1.95 bits per heavy atom. The summed E-state index contributed by atoms with van der Waals surface area (Å²) in [5, 5.41) is 7.39. The van der Waals surface area contributed by atoms with Crippen molar-refractivity contribution in [3.05, 3.63) is 47.9 Å². The summed E-state index contributed by atoms with van der Waals surface area (Å²) in [5.74, 6) is 3.09. The smallest absolute Gasteiger partial charge is 0.410 e. The lowest BCUT2D eigenvalue weighted by atomic mass is 10.2. The van der Waals surface area contributed by atoms with Crippen LogP contribution in [0, 0.1) is 0 Å². The van der Waals surface area contributed by atoms with Crippen LogP contribution >= 0.6 is 0 Å². The van der Waals surface area contributed by atoms with E-state index in [-0.39, 0.29) is 6.09 Å². The average Bonchev–Trinajstić information content (AvgIpc) is 3.46. The van der Waals surface area contributed by atoms with E-state index >= 15 is 0 Å². The van der Waals surface area contributed by atoms with Gasteiger partial charge in [0.15, 0.2) is 5.82 Å². The summed E-state index contributed by atoms with van der Waals surface area (Å²) >= 11 is 0. The summed E-state index contributed by atoms with van der Waals surface area (Å²) in [6, 6.07) is 9.89. The van der Waals surface area contributed by atoms with Gasteiger partial charge >= 0.3 is 6.09 Å². The third-order valence-corrected chi connectivity index (χ3v) is 6.61. The van der Waals surface area contributed by atoms with Crippen molar-refractivity contribution in [3.8, 4) is 11.5 Å². The zero-order valence-electron chi connectivity index (χ0n) is 21.9. The Bertz CT molecular complexity index is 1440. The lowest BCUT2D eigenvalue weighted by molar-refractivity contribution is 0.0139. The van der Waals surface area contributed by atoms with Crippen LogP contribution in [0.3, 0.4) is 0 Å². The van der Waals surface area contributed by atoms with Crippen molar-refractivity contribution >= 4 is 28.9 Å². The molecule has 1 aliphatic heterocycles. The molecule has 6 rings (SSSR count). The largest absolute Gasteiger partial charge is 0.444 e. The number of amides is 1. The van der Waals surface area contributed by atoms with E-state index in [4.69, 9.17) is 9.26 Å². The molecule has 4 aromatic rings. The number of pyridine rings is 1. The van der Waals surface area contributed by atoms with Crippen LogP contribution in [-0.4, -0.2) is 72.8 Å². The number of nitrogens with one attached hydrogen (secondary N) is 2. The monoisotopic (exact) mass is 516 g/mol. The number of aromatic nitrogens is 5. The number of H-pyrrole nitrogens is 1. The van der Waals surface area contributed by atoms with E-state index in [0.29, 0.717) is 36.7 Å². The number of anilines is 2. The van der Waals surface area contributed by atoms with Crippen LogP contribution in [0.5, 0.6) is 0 Å². The Labute approximate surface area is 220 Å². The molecule has 11 nitrogen and oxygen atoms in total. The van der Waals surface area contributed by atoms with Crippen LogP contribution < -0.4 is 5.32 Å². The number of carbonyl (C=O) groups excluding carboxylic acids is 1. The van der Waals surface area contributed by atoms with Crippen molar-refractivity contribution in [1.82, 2.24) is 34.9 Å². The minimum Gasteiger partial charge on any atom is -0.444 e. The van der Waals surface area contributed by atoms with Crippen LogP contribution in [0.4, 0.5) is 16.6 Å². The lowest BCUT2D eigenvalue weighted by Crippen LogP contribution is -2.49. The molecule has 4 heterocycles. The maximum Gasteiger partial charge on any atom is 0.410 e. The van der Waals surface area contributed by atoms with Gasteiger partial charge in [-0.2, -0.15) is 4.98 Å². The van der Waals surface area contributed by atoms with Crippen molar-refractivity contribution in [2.45, 2.75) is 51.7 Å². The van der Waals surface area contributed by atoms with Gasteiger partial charge in [-0.25, -0.2) is 14.8 Å². The van der Waals surface area contributed by atoms with Gasteiger partial charge in [-0.15, -0.1) is 0 Å². The predicted octanol–water partition coefficient (Wildman–Crippen LogP) is 4.68. The SMILES string of the molecule is CC(C)(C)OC(=O)N1CCN(Cc2ccnc(Nc3nc4ccc(-c5nc(C6CC6)no5)cc4[nH]3)c2)CC1. The first-order chi connectivity index (χ1) is 18.3. The molecule has 38 heavy (non-hydrogen) atoms. The summed E-state index contributed by atoms with van der Waals surface area (Å²) in [6.07, 6.45) is 3.81. The van der Waals surface area contributed by atoms with E-state index in [2.05, 4.69) is 35.3 Å². The van der Waals surface area contributed by atoms with E-state index in [0.717, 1.165) is 60.5 Å². The van der Waals surface area contributed by atoms with Crippen LogP contribution in [0.25, 0.3) is 22.5 Å². The lowest BCUT2D eigenvalue weighted by Gasteiger charge is -2.35. The Morgan fingerprint density at radius 1 is 1.13 bits per heavy atom. The molecule has 198 valence electrons. The van der Waals surface area contributed by atoms with Gasteiger partial charge in [-0.05, 0) is 69.5 Å². The molecule has 0 atom stereocenters. The van der Waals surface area contributed by atoms with Crippen molar-refractivity contribution < 1.29 is 14.1 Å². The second kappa shape index (κ2) is 9.71. The van der Waals surface area contributed by atoms with E-state index in [1.807, 2.05) is 51.1 Å². The molecule has 0 spiro atoms. The molecule has 0 bridgehead atoms. The van der Waals surface area contributed by atoms with Gasteiger partial charge in [0.2, 0.25) is 5.95 Å². The molecule has 1 saturated heterocycles. The molecule has 1 saturated carbocycles. The van der Waals surface area contributed by atoms with Gasteiger partial charge in [-0.3, -0.25) is 4.90 Å². The second-order valence-electron chi connectivity index (χ2n) is 11.0. The molecule has 0 unspecified atom stereocenters.